The van der Waals surface area contributed by atoms with Crippen molar-refractivity contribution in [3.8, 4) is 0 Å². The lowest BCUT2D eigenvalue weighted by Crippen LogP contribution is -2.33. The van der Waals surface area contributed by atoms with Crippen molar-refractivity contribution in [2.24, 2.45) is 5.92 Å². The minimum atomic E-state index is 0.790. The molecule has 2 fully saturated rings. The van der Waals surface area contributed by atoms with Gasteiger partial charge in [0.2, 0.25) is 0 Å². The number of hydrogen-bond donors (Lipinski definition) is 1. The van der Waals surface area contributed by atoms with Gasteiger partial charge in [-0.1, -0.05) is 51.9 Å². The highest BCUT2D eigenvalue weighted by Gasteiger charge is 2.28. The lowest BCUT2D eigenvalue weighted by Gasteiger charge is -2.16. The second-order valence-corrected chi connectivity index (χ2v) is 7.12. The summed E-state index contributed by atoms with van der Waals surface area (Å²) in [5, 5.41) is 3.77. The summed E-state index contributed by atoms with van der Waals surface area (Å²) in [5.41, 5.74) is 0. The number of nitrogens with zero attached hydrogens (tertiary/aromatic N) is 1. The first-order chi connectivity index (χ1) is 9.88. The molecule has 0 radical (unpaired) electrons. The third-order valence-corrected chi connectivity index (χ3v) is 4.95. The molecule has 2 nitrogen and oxygen atoms in total. The van der Waals surface area contributed by atoms with E-state index >= 15 is 0 Å². The highest BCUT2D eigenvalue weighted by molar-refractivity contribution is 4.85. The van der Waals surface area contributed by atoms with Crippen LogP contribution in [0.25, 0.3) is 0 Å². The second-order valence-electron chi connectivity index (χ2n) is 7.12. The van der Waals surface area contributed by atoms with Crippen LogP contribution in [0.5, 0.6) is 0 Å². The predicted molar refractivity (Wildman–Crippen MR) is 88.2 cm³/mol. The first-order valence-electron chi connectivity index (χ1n) is 9.34. The predicted octanol–water partition coefficient (Wildman–Crippen LogP) is 4.20. The van der Waals surface area contributed by atoms with E-state index in [-0.39, 0.29) is 0 Å². The fourth-order valence-corrected chi connectivity index (χ4v) is 3.40. The fraction of sp³-hybridized carbons (Fsp3) is 1.00. The zero-order valence-corrected chi connectivity index (χ0v) is 13.7. The van der Waals surface area contributed by atoms with Gasteiger partial charge in [-0.25, -0.2) is 0 Å². The van der Waals surface area contributed by atoms with Gasteiger partial charge < -0.3 is 10.2 Å². The Balaban J connectivity index is 1.34. The molecule has 0 aromatic rings. The van der Waals surface area contributed by atoms with E-state index in [9.17, 15) is 0 Å². The van der Waals surface area contributed by atoms with E-state index in [2.05, 4.69) is 17.1 Å². The minimum Gasteiger partial charge on any atom is -0.313 e. The molecule has 2 heteroatoms. The van der Waals surface area contributed by atoms with Gasteiger partial charge in [0, 0.05) is 19.1 Å². The number of likely N-dealkylation sites (tertiary alicyclic amines) is 1. The maximum Gasteiger partial charge on any atom is 0.0207 e. The Bertz CT molecular complexity index is 238. The van der Waals surface area contributed by atoms with Crippen molar-refractivity contribution in [3.05, 3.63) is 0 Å². The second kappa shape index (κ2) is 9.78. The lowest BCUT2D eigenvalue weighted by atomic mass is 10.1. The molecule has 1 heterocycles. The quantitative estimate of drug-likeness (QED) is 0.539. The standard InChI is InChI=1S/C18H36N2/c1-2-3-4-5-6-7-8-9-13-19-18-12-14-20(16-18)15-17-10-11-17/h17-19H,2-16H2,1H3/t18-/m0/s1. The van der Waals surface area contributed by atoms with Crippen LogP contribution in [0.15, 0.2) is 0 Å². The summed E-state index contributed by atoms with van der Waals surface area (Å²) in [6.45, 7) is 7.58. The normalized spacial score (nSPS) is 23.6. The third kappa shape index (κ3) is 7.08. The summed E-state index contributed by atoms with van der Waals surface area (Å²) in [6.07, 6.45) is 15.8. The van der Waals surface area contributed by atoms with E-state index in [1.807, 2.05) is 0 Å². The average molecular weight is 281 g/mol. The Morgan fingerprint density at radius 1 is 0.900 bits per heavy atom. The van der Waals surface area contributed by atoms with E-state index in [0.29, 0.717) is 0 Å². The van der Waals surface area contributed by atoms with Crippen molar-refractivity contribution < 1.29 is 0 Å². The summed E-state index contributed by atoms with van der Waals surface area (Å²) < 4.78 is 0. The van der Waals surface area contributed by atoms with Crippen LogP contribution in [0.1, 0.15) is 77.6 Å². The molecule has 1 aliphatic heterocycles. The van der Waals surface area contributed by atoms with Gasteiger partial charge in [0.05, 0.1) is 0 Å². The third-order valence-electron chi connectivity index (χ3n) is 4.95. The number of hydrogen-bond acceptors (Lipinski definition) is 2. The first-order valence-corrected chi connectivity index (χ1v) is 9.34. The fourth-order valence-electron chi connectivity index (χ4n) is 3.40. The number of unbranched alkanes of at least 4 members (excludes halogenated alkanes) is 7. The Morgan fingerprint density at radius 3 is 2.30 bits per heavy atom. The molecule has 1 atom stereocenters. The van der Waals surface area contributed by atoms with Crippen LogP contribution in [-0.2, 0) is 0 Å². The highest BCUT2D eigenvalue weighted by atomic mass is 15.2. The zero-order valence-electron chi connectivity index (χ0n) is 13.7. The average Bonchev–Trinajstić information content (AvgIpc) is 3.15. The Kier molecular flexibility index (Phi) is 7.97. The van der Waals surface area contributed by atoms with Crippen molar-refractivity contribution >= 4 is 0 Å². The molecule has 1 aliphatic carbocycles. The molecule has 0 bridgehead atoms. The van der Waals surface area contributed by atoms with Crippen LogP contribution in [0.4, 0.5) is 0 Å². The van der Waals surface area contributed by atoms with Gasteiger partial charge in [-0.2, -0.15) is 0 Å². The summed E-state index contributed by atoms with van der Waals surface area (Å²) in [5.74, 6) is 1.06. The lowest BCUT2D eigenvalue weighted by molar-refractivity contribution is 0.314. The summed E-state index contributed by atoms with van der Waals surface area (Å²) in [4.78, 5) is 2.68. The first kappa shape index (κ1) is 16.3. The van der Waals surface area contributed by atoms with Crippen molar-refractivity contribution in [1.29, 1.82) is 0 Å². The molecular formula is C18H36N2. The van der Waals surface area contributed by atoms with Gasteiger partial charge in [-0.15, -0.1) is 0 Å². The summed E-state index contributed by atoms with van der Waals surface area (Å²) >= 11 is 0. The minimum absolute atomic E-state index is 0.790. The summed E-state index contributed by atoms with van der Waals surface area (Å²) in [7, 11) is 0. The molecule has 0 amide bonds. The van der Waals surface area contributed by atoms with E-state index in [4.69, 9.17) is 0 Å². The smallest absolute Gasteiger partial charge is 0.0207 e. The van der Waals surface area contributed by atoms with Crippen LogP contribution < -0.4 is 5.32 Å². The van der Waals surface area contributed by atoms with Gasteiger partial charge in [0.15, 0.2) is 0 Å². The molecule has 0 spiro atoms. The molecule has 1 saturated heterocycles. The van der Waals surface area contributed by atoms with E-state index in [1.165, 1.54) is 96.8 Å². The van der Waals surface area contributed by atoms with Crippen molar-refractivity contribution in [2.75, 3.05) is 26.2 Å². The number of nitrogens with one attached hydrogen (secondary N) is 1. The van der Waals surface area contributed by atoms with E-state index < -0.39 is 0 Å². The SMILES string of the molecule is CCCCCCCCCCN[C@H]1CCN(CC2CC2)C1. The molecule has 118 valence electrons. The Hall–Kier alpha value is -0.0800. The molecule has 1 N–H and O–H groups in total. The van der Waals surface area contributed by atoms with Crippen LogP contribution in [-0.4, -0.2) is 37.1 Å². The molecule has 0 aromatic carbocycles. The maximum absolute atomic E-state index is 3.77. The van der Waals surface area contributed by atoms with Gasteiger partial charge in [-0.05, 0) is 44.7 Å². The molecule has 2 rings (SSSR count). The zero-order chi connectivity index (χ0) is 14.0. The van der Waals surface area contributed by atoms with Crippen molar-refractivity contribution in [2.45, 2.75) is 83.6 Å². The van der Waals surface area contributed by atoms with Crippen LogP contribution in [0, 0.1) is 5.92 Å². The van der Waals surface area contributed by atoms with Gasteiger partial charge in [0.1, 0.15) is 0 Å². The Morgan fingerprint density at radius 2 is 1.60 bits per heavy atom. The molecule has 2 aliphatic rings. The molecular weight excluding hydrogens is 244 g/mol. The van der Waals surface area contributed by atoms with Crippen molar-refractivity contribution in [3.63, 3.8) is 0 Å². The topological polar surface area (TPSA) is 15.3 Å². The Labute approximate surface area is 126 Å². The monoisotopic (exact) mass is 280 g/mol. The van der Waals surface area contributed by atoms with Crippen molar-refractivity contribution in [1.82, 2.24) is 10.2 Å². The molecule has 1 saturated carbocycles. The maximum atomic E-state index is 3.77. The van der Waals surface area contributed by atoms with Crippen LogP contribution in [0.2, 0.25) is 0 Å². The van der Waals surface area contributed by atoms with Gasteiger partial charge in [-0.3, -0.25) is 0 Å². The van der Waals surface area contributed by atoms with Gasteiger partial charge in [0.25, 0.3) is 0 Å². The van der Waals surface area contributed by atoms with Crippen LogP contribution in [0.3, 0.4) is 0 Å². The molecule has 20 heavy (non-hydrogen) atoms. The van der Waals surface area contributed by atoms with Crippen LogP contribution >= 0.6 is 0 Å². The molecule has 0 unspecified atom stereocenters. The van der Waals surface area contributed by atoms with E-state index in [1.54, 1.807) is 0 Å². The highest BCUT2D eigenvalue weighted by Crippen LogP contribution is 2.30. The largest absolute Gasteiger partial charge is 0.313 e. The van der Waals surface area contributed by atoms with Gasteiger partial charge >= 0.3 is 0 Å². The molecule has 0 aromatic heterocycles. The summed E-state index contributed by atoms with van der Waals surface area (Å²) in [6, 6.07) is 0.790. The number of rotatable bonds is 12. The van der Waals surface area contributed by atoms with E-state index in [0.717, 1.165) is 12.0 Å².